The Bertz CT molecular complexity index is 929. The lowest BCUT2D eigenvalue weighted by Gasteiger charge is -2.26. The molecule has 0 aromatic rings. The van der Waals surface area contributed by atoms with Gasteiger partial charge in [-0.2, -0.15) is 0 Å². The van der Waals surface area contributed by atoms with Gasteiger partial charge in [-0.3, -0.25) is 9.59 Å². The van der Waals surface area contributed by atoms with Crippen molar-refractivity contribution >= 4 is 17.9 Å². The van der Waals surface area contributed by atoms with E-state index in [-0.39, 0.29) is 32.2 Å². The van der Waals surface area contributed by atoms with Gasteiger partial charge < -0.3 is 33.3 Å². The molecule has 0 rings (SSSR count). The van der Waals surface area contributed by atoms with Crippen LogP contribution in [0.15, 0.2) is 24.3 Å². The van der Waals surface area contributed by atoms with Crippen molar-refractivity contribution in [1.82, 2.24) is 0 Å². The monoisotopic (exact) mass is 752 g/mol. The molecule has 0 aliphatic heterocycles. The number of hydrogen-bond donors (Lipinski definition) is 0. The number of esters is 2. The van der Waals surface area contributed by atoms with E-state index in [0.29, 0.717) is 23.9 Å². The van der Waals surface area contributed by atoms with Crippen molar-refractivity contribution < 1.29 is 42.9 Å². The number of nitrogens with zero attached hydrogens (tertiary/aromatic N) is 1. The van der Waals surface area contributed by atoms with E-state index in [9.17, 15) is 19.5 Å². The van der Waals surface area contributed by atoms with E-state index in [4.69, 9.17) is 18.9 Å². The molecule has 0 radical (unpaired) electrons. The number of hydrogen-bond acceptors (Lipinski definition) is 8. The van der Waals surface area contributed by atoms with Gasteiger partial charge in [0.25, 0.3) is 0 Å². The predicted molar refractivity (Wildman–Crippen MR) is 214 cm³/mol. The van der Waals surface area contributed by atoms with Crippen molar-refractivity contribution in [3.05, 3.63) is 24.3 Å². The first kappa shape index (κ1) is 50.8. The summed E-state index contributed by atoms with van der Waals surface area (Å²) in [6.45, 7) is 4.67. The number of unbranched alkanes of at least 4 members (excludes halogenated alkanes) is 20. The number of allylic oxidation sites excluding steroid dienone is 4. The van der Waals surface area contributed by atoms with Crippen LogP contribution in [0.25, 0.3) is 0 Å². The van der Waals surface area contributed by atoms with E-state index < -0.39 is 24.3 Å². The lowest BCUT2D eigenvalue weighted by atomic mass is 10.1. The Labute approximate surface area is 325 Å². The molecule has 0 saturated heterocycles. The van der Waals surface area contributed by atoms with E-state index in [2.05, 4.69) is 38.2 Å². The zero-order chi connectivity index (χ0) is 39.3. The lowest BCUT2D eigenvalue weighted by Crippen LogP contribution is -2.44. The SMILES string of the molecule is CCCCCCC/C=C\C/C=C\CCCCCCCCCCCC(=O)OC(COC(=O)CCCCCCCCC)COC(OCC[N+](C)(C)C)C(=O)[O-]. The van der Waals surface area contributed by atoms with Crippen LogP contribution in [0.2, 0.25) is 0 Å². The summed E-state index contributed by atoms with van der Waals surface area (Å²) in [4.78, 5) is 36.7. The molecule has 0 N–H and O–H groups in total. The molecule has 0 heterocycles. The summed E-state index contributed by atoms with van der Waals surface area (Å²) < 4.78 is 22.4. The second kappa shape index (κ2) is 36.7. The Morgan fingerprint density at radius 3 is 1.49 bits per heavy atom. The van der Waals surface area contributed by atoms with Gasteiger partial charge in [-0.1, -0.05) is 147 Å². The molecule has 0 aliphatic carbocycles. The number of carboxylic acids is 1. The fourth-order valence-corrected chi connectivity index (χ4v) is 5.80. The van der Waals surface area contributed by atoms with Gasteiger partial charge in [0.05, 0.1) is 40.3 Å². The molecule has 9 heteroatoms. The van der Waals surface area contributed by atoms with Crippen LogP contribution in [0.5, 0.6) is 0 Å². The number of ether oxygens (including phenoxy) is 4. The topological polar surface area (TPSA) is 111 Å². The number of quaternary nitrogens is 1. The third-order valence-electron chi connectivity index (χ3n) is 9.20. The van der Waals surface area contributed by atoms with Crippen molar-refractivity contribution in [1.29, 1.82) is 0 Å². The molecule has 310 valence electrons. The standard InChI is InChI=1S/C44H81NO8/c1-6-8-10-12-14-15-16-17-18-19-20-21-22-23-24-25-26-27-29-31-33-35-42(47)53-40(38-51-41(46)34-32-30-28-13-11-9-7-2)39-52-44(43(48)49)50-37-36-45(3,4)5/h16-17,19-20,40,44H,6-15,18,21-39H2,1-5H3/b17-16-,20-19-. The van der Waals surface area contributed by atoms with Gasteiger partial charge in [0.1, 0.15) is 13.2 Å². The number of carbonyl (C=O) groups excluding carboxylic acids is 3. The molecule has 0 spiro atoms. The summed E-state index contributed by atoms with van der Waals surface area (Å²) >= 11 is 0. The fourth-order valence-electron chi connectivity index (χ4n) is 5.80. The molecule has 0 amide bonds. The summed E-state index contributed by atoms with van der Waals surface area (Å²) in [5.74, 6) is -2.29. The molecule has 2 atom stereocenters. The summed E-state index contributed by atoms with van der Waals surface area (Å²) in [5, 5.41) is 11.6. The van der Waals surface area contributed by atoms with Gasteiger partial charge in [-0.05, 0) is 44.9 Å². The highest BCUT2D eigenvalue weighted by Crippen LogP contribution is 2.14. The molecule has 9 nitrogen and oxygen atoms in total. The van der Waals surface area contributed by atoms with Crippen LogP contribution < -0.4 is 5.11 Å². The van der Waals surface area contributed by atoms with E-state index in [0.717, 1.165) is 51.4 Å². The highest BCUT2D eigenvalue weighted by molar-refractivity contribution is 5.70. The molecule has 53 heavy (non-hydrogen) atoms. The Hall–Kier alpha value is -2.23. The van der Waals surface area contributed by atoms with E-state index in [1.54, 1.807) is 0 Å². The number of aliphatic carboxylic acids is 1. The minimum absolute atomic E-state index is 0.148. The van der Waals surface area contributed by atoms with Crippen LogP contribution in [0.1, 0.15) is 181 Å². The normalized spacial score (nSPS) is 13.2. The van der Waals surface area contributed by atoms with Crippen molar-refractivity contribution in [2.75, 3.05) is 47.5 Å². The van der Waals surface area contributed by atoms with Crippen molar-refractivity contribution in [2.45, 2.75) is 193 Å². The van der Waals surface area contributed by atoms with Crippen LogP contribution >= 0.6 is 0 Å². The first-order valence-corrected chi connectivity index (χ1v) is 21.5. The summed E-state index contributed by atoms with van der Waals surface area (Å²) in [6, 6.07) is 0. The fraction of sp³-hybridized carbons (Fsp3) is 0.841. The Balaban J connectivity index is 4.31. The number of likely N-dealkylation sites (N-methyl/N-ethyl adjacent to an activating group) is 1. The van der Waals surface area contributed by atoms with E-state index >= 15 is 0 Å². The highest BCUT2D eigenvalue weighted by atomic mass is 16.7. The van der Waals surface area contributed by atoms with Crippen LogP contribution in [-0.4, -0.2) is 82.3 Å². The van der Waals surface area contributed by atoms with Gasteiger partial charge in [0.15, 0.2) is 12.4 Å². The first-order valence-electron chi connectivity index (χ1n) is 21.5. The average molecular weight is 752 g/mol. The molecule has 0 aromatic carbocycles. The average Bonchev–Trinajstić information content (AvgIpc) is 3.11. The molecule has 2 unspecified atom stereocenters. The molecule has 0 bridgehead atoms. The van der Waals surface area contributed by atoms with Crippen LogP contribution in [0, 0.1) is 0 Å². The maximum absolute atomic E-state index is 12.7. The van der Waals surface area contributed by atoms with Crippen LogP contribution in [0.3, 0.4) is 0 Å². The Morgan fingerprint density at radius 1 is 0.566 bits per heavy atom. The van der Waals surface area contributed by atoms with Gasteiger partial charge in [0.2, 0.25) is 0 Å². The minimum Gasteiger partial charge on any atom is -0.545 e. The molecule has 0 fully saturated rings. The molecular weight excluding hydrogens is 670 g/mol. The lowest BCUT2D eigenvalue weighted by molar-refractivity contribution is -0.870. The maximum atomic E-state index is 12.7. The van der Waals surface area contributed by atoms with E-state index in [1.165, 1.54) is 96.3 Å². The second-order valence-corrected chi connectivity index (χ2v) is 15.6. The molecule has 0 aliphatic rings. The minimum atomic E-state index is -1.62. The second-order valence-electron chi connectivity index (χ2n) is 15.6. The smallest absolute Gasteiger partial charge is 0.306 e. The van der Waals surface area contributed by atoms with Gasteiger partial charge >= 0.3 is 11.9 Å². The zero-order valence-corrected chi connectivity index (χ0v) is 34.9. The van der Waals surface area contributed by atoms with Crippen molar-refractivity contribution in [3.63, 3.8) is 0 Å². The quantitative estimate of drug-likeness (QED) is 0.0201. The van der Waals surface area contributed by atoms with Crippen molar-refractivity contribution in [3.8, 4) is 0 Å². The van der Waals surface area contributed by atoms with Crippen LogP contribution in [-0.2, 0) is 33.3 Å². The number of carbonyl (C=O) groups is 3. The number of rotatable bonds is 39. The largest absolute Gasteiger partial charge is 0.545 e. The molecule has 0 aromatic heterocycles. The van der Waals surface area contributed by atoms with Crippen molar-refractivity contribution in [2.24, 2.45) is 0 Å². The third kappa shape index (κ3) is 37.9. The van der Waals surface area contributed by atoms with Gasteiger partial charge in [0, 0.05) is 12.8 Å². The summed E-state index contributed by atoms with van der Waals surface area (Å²) in [5.41, 5.74) is 0. The first-order chi connectivity index (χ1) is 25.6. The van der Waals surface area contributed by atoms with E-state index in [1.807, 2.05) is 21.1 Å². The van der Waals surface area contributed by atoms with Crippen LogP contribution in [0.4, 0.5) is 0 Å². The summed E-state index contributed by atoms with van der Waals surface area (Å²) in [7, 11) is 5.90. The van der Waals surface area contributed by atoms with Gasteiger partial charge in [-0.15, -0.1) is 0 Å². The highest BCUT2D eigenvalue weighted by Gasteiger charge is 2.21. The van der Waals surface area contributed by atoms with Gasteiger partial charge in [-0.25, -0.2) is 0 Å². The zero-order valence-electron chi connectivity index (χ0n) is 34.9. The Morgan fingerprint density at radius 2 is 1.02 bits per heavy atom. The molecule has 0 saturated carbocycles. The third-order valence-corrected chi connectivity index (χ3v) is 9.20. The number of carboxylic acid groups (broad SMARTS) is 1. The summed E-state index contributed by atoms with van der Waals surface area (Å²) in [6.07, 6.45) is 35.1. The maximum Gasteiger partial charge on any atom is 0.306 e. The molecular formula is C44H81NO8. The Kier molecular flexibility index (Phi) is 35.2. The predicted octanol–water partition coefficient (Wildman–Crippen LogP) is 9.55.